The van der Waals surface area contributed by atoms with E-state index in [1.165, 1.54) is 0 Å². The Morgan fingerprint density at radius 2 is 2.39 bits per heavy atom. The van der Waals surface area contributed by atoms with Gasteiger partial charge >= 0.3 is 5.97 Å². The molecule has 0 bridgehead atoms. The first-order valence-corrected chi connectivity index (χ1v) is 6.40. The van der Waals surface area contributed by atoms with Gasteiger partial charge in [0, 0.05) is 0 Å². The van der Waals surface area contributed by atoms with Gasteiger partial charge in [-0.05, 0) is 33.2 Å². The molecule has 0 aliphatic carbocycles. The van der Waals surface area contributed by atoms with Crippen LogP contribution in [-0.4, -0.2) is 40.2 Å². The Balaban J connectivity index is 2.01. The Labute approximate surface area is 106 Å². The number of likely N-dealkylation sites (tertiary alicyclic amines) is 1. The fraction of sp³-hybridized carbons (Fsp3) is 0.750. The molecule has 1 saturated heterocycles. The zero-order valence-electron chi connectivity index (χ0n) is 10.9. The molecule has 0 amide bonds. The van der Waals surface area contributed by atoms with E-state index in [-0.39, 0.29) is 12.0 Å². The third-order valence-electron chi connectivity index (χ3n) is 3.08. The zero-order valence-corrected chi connectivity index (χ0v) is 10.9. The van der Waals surface area contributed by atoms with E-state index in [1.54, 1.807) is 6.92 Å². The van der Waals surface area contributed by atoms with Gasteiger partial charge in [-0.25, -0.2) is 0 Å². The van der Waals surface area contributed by atoms with E-state index < -0.39 is 0 Å². The van der Waals surface area contributed by atoms with Crippen LogP contribution in [0.1, 0.15) is 37.9 Å². The molecule has 1 atom stereocenters. The lowest BCUT2D eigenvalue weighted by molar-refractivity contribution is -0.151. The van der Waals surface area contributed by atoms with Crippen molar-refractivity contribution in [2.24, 2.45) is 0 Å². The Morgan fingerprint density at radius 1 is 1.56 bits per heavy atom. The predicted molar refractivity (Wildman–Crippen MR) is 63.7 cm³/mol. The summed E-state index contributed by atoms with van der Waals surface area (Å²) in [6.07, 6.45) is 2.98. The standard InChI is InChI=1S/C12H19N3O3/c1-3-17-12(16)10-6-4-5-7-15(10)8-11-13-9(2)14-18-11/h10H,3-8H2,1-2H3/t10-/m1/s1. The fourth-order valence-electron chi connectivity index (χ4n) is 2.26. The summed E-state index contributed by atoms with van der Waals surface area (Å²) in [7, 11) is 0. The highest BCUT2D eigenvalue weighted by atomic mass is 16.5. The summed E-state index contributed by atoms with van der Waals surface area (Å²) >= 11 is 0. The molecule has 1 aliphatic rings. The lowest BCUT2D eigenvalue weighted by Crippen LogP contribution is -2.45. The van der Waals surface area contributed by atoms with Gasteiger partial charge in [0.2, 0.25) is 5.89 Å². The van der Waals surface area contributed by atoms with Crippen LogP contribution in [0.25, 0.3) is 0 Å². The van der Waals surface area contributed by atoms with Crippen molar-refractivity contribution in [2.45, 2.75) is 45.7 Å². The first-order valence-electron chi connectivity index (χ1n) is 6.40. The van der Waals surface area contributed by atoms with Crippen molar-refractivity contribution < 1.29 is 14.1 Å². The second-order valence-corrected chi connectivity index (χ2v) is 4.47. The minimum absolute atomic E-state index is 0.145. The second kappa shape index (κ2) is 5.95. The Kier molecular flexibility index (Phi) is 4.30. The number of hydrogen-bond acceptors (Lipinski definition) is 6. The van der Waals surface area contributed by atoms with E-state index in [4.69, 9.17) is 9.26 Å². The molecule has 0 unspecified atom stereocenters. The van der Waals surface area contributed by atoms with Gasteiger partial charge in [-0.15, -0.1) is 0 Å². The number of aromatic nitrogens is 2. The number of piperidine rings is 1. The maximum atomic E-state index is 11.9. The van der Waals surface area contributed by atoms with Crippen molar-refractivity contribution in [1.82, 2.24) is 15.0 Å². The normalized spacial score (nSPS) is 20.9. The average Bonchev–Trinajstić information content (AvgIpc) is 2.76. The average molecular weight is 253 g/mol. The Hall–Kier alpha value is -1.43. The first kappa shape index (κ1) is 13.0. The molecule has 100 valence electrons. The number of ether oxygens (including phenoxy) is 1. The van der Waals surface area contributed by atoms with Gasteiger partial charge in [0.1, 0.15) is 6.04 Å². The van der Waals surface area contributed by atoms with E-state index in [9.17, 15) is 4.79 Å². The van der Waals surface area contributed by atoms with Gasteiger partial charge in [-0.2, -0.15) is 4.98 Å². The van der Waals surface area contributed by atoms with Crippen molar-refractivity contribution in [3.63, 3.8) is 0 Å². The quantitative estimate of drug-likeness (QED) is 0.753. The summed E-state index contributed by atoms with van der Waals surface area (Å²) in [5.74, 6) is 1.03. The van der Waals surface area contributed by atoms with Crippen LogP contribution in [0.2, 0.25) is 0 Å². The minimum atomic E-state index is -0.175. The zero-order chi connectivity index (χ0) is 13.0. The van der Waals surface area contributed by atoms with Gasteiger partial charge < -0.3 is 9.26 Å². The summed E-state index contributed by atoms with van der Waals surface area (Å²) in [4.78, 5) is 18.1. The smallest absolute Gasteiger partial charge is 0.323 e. The van der Waals surface area contributed by atoms with Crippen LogP contribution in [0.4, 0.5) is 0 Å². The Morgan fingerprint density at radius 3 is 3.06 bits per heavy atom. The van der Waals surface area contributed by atoms with E-state index in [1.807, 2.05) is 6.92 Å². The van der Waals surface area contributed by atoms with Crippen molar-refractivity contribution >= 4 is 5.97 Å². The topological polar surface area (TPSA) is 68.5 Å². The molecule has 1 aromatic heterocycles. The van der Waals surface area contributed by atoms with E-state index in [2.05, 4.69) is 15.0 Å². The van der Waals surface area contributed by atoms with Crippen LogP contribution < -0.4 is 0 Å². The molecule has 2 heterocycles. The van der Waals surface area contributed by atoms with Crippen molar-refractivity contribution in [3.8, 4) is 0 Å². The van der Waals surface area contributed by atoms with Crippen LogP contribution in [-0.2, 0) is 16.1 Å². The molecular formula is C12H19N3O3. The third-order valence-corrected chi connectivity index (χ3v) is 3.08. The summed E-state index contributed by atoms with van der Waals surface area (Å²) in [5.41, 5.74) is 0. The molecule has 0 N–H and O–H groups in total. The lowest BCUT2D eigenvalue weighted by Gasteiger charge is -2.32. The highest BCUT2D eigenvalue weighted by molar-refractivity contribution is 5.75. The van der Waals surface area contributed by atoms with Crippen LogP contribution in [0.3, 0.4) is 0 Å². The van der Waals surface area contributed by atoms with E-state index in [0.717, 1.165) is 25.8 Å². The van der Waals surface area contributed by atoms with Crippen molar-refractivity contribution in [2.75, 3.05) is 13.2 Å². The van der Waals surface area contributed by atoms with Crippen LogP contribution in [0.15, 0.2) is 4.52 Å². The van der Waals surface area contributed by atoms with Gasteiger partial charge in [-0.3, -0.25) is 9.69 Å². The molecule has 1 aromatic rings. The van der Waals surface area contributed by atoms with Gasteiger partial charge in [0.25, 0.3) is 0 Å². The number of carbonyl (C=O) groups is 1. The molecule has 6 nitrogen and oxygen atoms in total. The Bertz CT molecular complexity index is 405. The third kappa shape index (κ3) is 3.07. The van der Waals surface area contributed by atoms with Crippen molar-refractivity contribution in [1.29, 1.82) is 0 Å². The predicted octanol–water partition coefficient (Wildman–Crippen LogP) is 1.30. The number of rotatable bonds is 4. The highest BCUT2D eigenvalue weighted by Gasteiger charge is 2.30. The molecule has 6 heteroatoms. The maximum Gasteiger partial charge on any atom is 0.323 e. The number of carbonyl (C=O) groups excluding carboxylic acids is 1. The SMILES string of the molecule is CCOC(=O)[C@H]1CCCCN1Cc1nc(C)no1. The number of esters is 1. The van der Waals surface area contributed by atoms with Gasteiger partial charge in [-0.1, -0.05) is 11.6 Å². The van der Waals surface area contributed by atoms with Crippen LogP contribution in [0.5, 0.6) is 0 Å². The minimum Gasteiger partial charge on any atom is -0.465 e. The summed E-state index contributed by atoms with van der Waals surface area (Å²) in [5, 5.41) is 3.76. The molecule has 0 aromatic carbocycles. The van der Waals surface area contributed by atoms with Crippen LogP contribution in [0, 0.1) is 6.92 Å². The fourth-order valence-corrected chi connectivity index (χ4v) is 2.26. The molecule has 1 fully saturated rings. The first-order chi connectivity index (χ1) is 8.70. The van der Waals surface area contributed by atoms with E-state index in [0.29, 0.717) is 24.9 Å². The molecule has 0 saturated carbocycles. The maximum absolute atomic E-state index is 11.9. The number of nitrogens with zero attached hydrogens (tertiary/aromatic N) is 3. The largest absolute Gasteiger partial charge is 0.465 e. The molecule has 0 spiro atoms. The highest BCUT2D eigenvalue weighted by Crippen LogP contribution is 2.20. The number of hydrogen-bond donors (Lipinski definition) is 0. The molecule has 2 rings (SSSR count). The lowest BCUT2D eigenvalue weighted by atomic mass is 10.0. The van der Waals surface area contributed by atoms with E-state index >= 15 is 0 Å². The van der Waals surface area contributed by atoms with Gasteiger partial charge in [0.15, 0.2) is 5.82 Å². The summed E-state index contributed by atoms with van der Waals surface area (Å²) < 4.78 is 10.2. The molecule has 18 heavy (non-hydrogen) atoms. The molecule has 0 radical (unpaired) electrons. The van der Waals surface area contributed by atoms with Crippen molar-refractivity contribution in [3.05, 3.63) is 11.7 Å². The molecule has 1 aliphatic heterocycles. The summed E-state index contributed by atoms with van der Waals surface area (Å²) in [6.45, 7) is 5.41. The second-order valence-electron chi connectivity index (χ2n) is 4.47. The van der Waals surface area contributed by atoms with Crippen LogP contribution >= 0.6 is 0 Å². The monoisotopic (exact) mass is 253 g/mol. The number of aryl methyl sites for hydroxylation is 1. The summed E-state index contributed by atoms with van der Waals surface area (Å²) in [6, 6.07) is -0.175. The molecular weight excluding hydrogens is 234 g/mol. The van der Waals surface area contributed by atoms with Gasteiger partial charge in [0.05, 0.1) is 13.2 Å².